The summed E-state index contributed by atoms with van der Waals surface area (Å²) in [6.45, 7) is 2.24. The largest absolute Gasteiger partial charge is 0.369 e. The van der Waals surface area contributed by atoms with Gasteiger partial charge in [0.05, 0.1) is 37.3 Å². The molecular formula is C25H31F3N4. The van der Waals surface area contributed by atoms with Crippen LogP contribution in [0, 0.1) is 0 Å². The van der Waals surface area contributed by atoms with E-state index >= 15 is 0 Å². The van der Waals surface area contributed by atoms with E-state index in [9.17, 15) is 13.2 Å². The van der Waals surface area contributed by atoms with Gasteiger partial charge in [-0.3, -0.25) is 14.3 Å². The van der Waals surface area contributed by atoms with Crippen LogP contribution in [0.15, 0.2) is 42.2 Å². The number of nitrogens with zero attached hydrogens (tertiary/aromatic N) is 3. The fourth-order valence-corrected chi connectivity index (χ4v) is 4.98. The Bertz CT molecular complexity index is 929. The number of hydrogen-bond donors (Lipinski definition) is 1. The maximum atomic E-state index is 13.5. The molecule has 1 aliphatic heterocycles. The first-order valence-electron chi connectivity index (χ1n) is 11.5. The molecule has 7 heteroatoms. The van der Waals surface area contributed by atoms with Gasteiger partial charge in [0.2, 0.25) is 0 Å². The van der Waals surface area contributed by atoms with Crippen molar-refractivity contribution in [2.45, 2.75) is 64.0 Å². The van der Waals surface area contributed by atoms with Crippen molar-refractivity contribution < 1.29 is 13.2 Å². The van der Waals surface area contributed by atoms with Gasteiger partial charge in [-0.05, 0) is 54.9 Å². The Labute approximate surface area is 188 Å². The average Bonchev–Trinajstić information content (AvgIpc) is 3.15. The van der Waals surface area contributed by atoms with E-state index in [1.807, 2.05) is 24.0 Å². The molecule has 0 bridgehead atoms. The second-order valence-electron chi connectivity index (χ2n) is 8.74. The molecule has 0 saturated heterocycles. The van der Waals surface area contributed by atoms with E-state index in [1.165, 1.54) is 22.3 Å². The highest BCUT2D eigenvalue weighted by atomic mass is 19.3. The highest BCUT2D eigenvalue weighted by molar-refractivity contribution is 5.78. The number of nitrogens with one attached hydrogen (secondary N) is 1. The van der Waals surface area contributed by atoms with Crippen molar-refractivity contribution in [3.8, 4) is 0 Å². The van der Waals surface area contributed by atoms with Gasteiger partial charge in [0.15, 0.2) is 0 Å². The minimum atomic E-state index is -2.41. The van der Waals surface area contributed by atoms with Gasteiger partial charge in [-0.1, -0.05) is 37.1 Å². The molecule has 0 fully saturated rings. The van der Waals surface area contributed by atoms with Gasteiger partial charge in [-0.2, -0.15) is 0 Å². The molecule has 0 amide bonds. The molecule has 0 spiro atoms. The third-order valence-corrected chi connectivity index (χ3v) is 6.51. The summed E-state index contributed by atoms with van der Waals surface area (Å²) in [5, 5.41) is 3.25. The van der Waals surface area contributed by atoms with Crippen LogP contribution >= 0.6 is 0 Å². The highest BCUT2D eigenvalue weighted by Crippen LogP contribution is 2.48. The predicted molar refractivity (Wildman–Crippen MR) is 122 cm³/mol. The third-order valence-electron chi connectivity index (χ3n) is 6.51. The fraction of sp³-hybridized carbons (Fsp3) is 0.520. The summed E-state index contributed by atoms with van der Waals surface area (Å²) >= 11 is 0. The SMILES string of the molecule is C[C@@H]1CC2=C(Cc3ccccc32)[C@@H](c2cnc(NCCCCCCF)cn2)N1CC(F)F. The van der Waals surface area contributed by atoms with Crippen LogP contribution in [0.1, 0.15) is 61.9 Å². The van der Waals surface area contributed by atoms with Crippen molar-refractivity contribution in [2.75, 3.05) is 25.1 Å². The average molecular weight is 445 g/mol. The van der Waals surface area contributed by atoms with Crippen LogP contribution < -0.4 is 5.32 Å². The Balaban J connectivity index is 1.53. The number of benzene rings is 1. The molecule has 172 valence electrons. The molecule has 2 atom stereocenters. The number of anilines is 1. The van der Waals surface area contributed by atoms with Crippen LogP contribution in [0.25, 0.3) is 5.57 Å². The Kier molecular flexibility index (Phi) is 7.45. The Hall–Kier alpha value is -2.41. The van der Waals surface area contributed by atoms with Crippen LogP contribution in [0.5, 0.6) is 0 Å². The Morgan fingerprint density at radius 1 is 1.09 bits per heavy atom. The second-order valence-corrected chi connectivity index (χ2v) is 8.74. The molecule has 1 aromatic carbocycles. The third kappa shape index (κ3) is 4.98. The monoisotopic (exact) mass is 444 g/mol. The quantitative estimate of drug-likeness (QED) is 0.468. The van der Waals surface area contributed by atoms with Crippen LogP contribution in [0.3, 0.4) is 0 Å². The van der Waals surface area contributed by atoms with Crippen molar-refractivity contribution in [1.29, 1.82) is 0 Å². The molecule has 1 aromatic heterocycles. The summed E-state index contributed by atoms with van der Waals surface area (Å²) < 4.78 is 39.1. The summed E-state index contributed by atoms with van der Waals surface area (Å²) in [5.41, 5.74) is 5.67. The minimum Gasteiger partial charge on any atom is -0.369 e. The first kappa shape index (κ1) is 22.8. The number of fused-ring (bicyclic) bond motifs is 2. The maximum Gasteiger partial charge on any atom is 0.251 e. The fourth-order valence-electron chi connectivity index (χ4n) is 4.98. The molecule has 4 rings (SSSR count). The molecule has 0 radical (unpaired) electrons. The summed E-state index contributed by atoms with van der Waals surface area (Å²) in [4.78, 5) is 11.1. The zero-order chi connectivity index (χ0) is 22.5. The lowest BCUT2D eigenvalue weighted by molar-refractivity contribution is 0.0471. The van der Waals surface area contributed by atoms with Gasteiger partial charge < -0.3 is 5.32 Å². The van der Waals surface area contributed by atoms with E-state index < -0.39 is 6.43 Å². The zero-order valence-corrected chi connectivity index (χ0v) is 18.5. The molecule has 2 heterocycles. The second kappa shape index (κ2) is 10.5. The van der Waals surface area contributed by atoms with Gasteiger partial charge in [0, 0.05) is 12.6 Å². The maximum absolute atomic E-state index is 13.5. The van der Waals surface area contributed by atoms with E-state index in [0.29, 0.717) is 17.9 Å². The predicted octanol–water partition coefficient (Wildman–Crippen LogP) is 5.83. The Morgan fingerprint density at radius 3 is 2.66 bits per heavy atom. The van der Waals surface area contributed by atoms with Crippen molar-refractivity contribution in [3.05, 3.63) is 59.1 Å². The highest BCUT2D eigenvalue weighted by Gasteiger charge is 2.40. The van der Waals surface area contributed by atoms with Crippen LogP contribution in [-0.4, -0.2) is 47.1 Å². The van der Waals surface area contributed by atoms with Crippen LogP contribution in [-0.2, 0) is 6.42 Å². The van der Waals surface area contributed by atoms with Gasteiger partial charge in [-0.15, -0.1) is 0 Å². The molecule has 0 unspecified atom stereocenters. The van der Waals surface area contributed by atoms with E-state index in [-0.39, 0.29) is 25.3 Å². The van der Waals surface area contributed by atoms with E-state index in [2.05, 4.69) is 27.4 Å². The van der Waals surface area contributed by atoms with Gasteiger partial charge in [0.1, 0.15) is 5.82 Å². The minimum absolute atomic E-state index is 0.0113. The molecule has 1 aliphatic carbocycles. The van der Waals surface area contributed by atoms with Crippen molar-refractivity contribution in [1.82, 2.24) is 14.9 Å². The number of aromatic nitrogens is 2. The standard InChI is InChI=1S/C25H31F3N4/c1-17-12-20-19-9-5-4-8-18(19)13-21(20)25(32(17)16-23(27)28)22-14-31-24(15-30-22)29-11-7-3-2-6-10-26/h4-5,8-9,14-15,17,23,25H,2-3,6-7,10-13,16H2,1H3,(H,29,31)/t17-,25+/m1/s1. The van der Waals surface area contributed by atoms with Gasteiger partial charge >= 0.3 is 0 Å². The van der Waals surface area contributed by atoms with Crippen molar-refractivity contribution in [2.24, 2.45) is 0 Å². The summed E-state index contributed by atoms with van der Waals surface area (Å²) in [5.74, 6) is 0.674. The lowest BCUT2D eigenvalue weighted by Gasteiger charge is -2.41. The number of unbranched alkanes of at least 4 members (excludes halogenated alkanes) is 3. The Morgan fingerprint density at radius 2 is 1.91 bits per heavy atom. The topological polar surface area (TPSA) is 41.1 Å². The normalized spacial score (nSPS) is 20.5. The zero-order valence-electron chi connectivity index (χ0n) is 18.5. The first-order chi connectivity index (χ1) is 15.6. The first-order valence-corrected chi connectivity index (χ1v) is 11.5. The summed E-state index contributed by atoms with van der Waals surface area (Å²) in [7, 11) is 0. The summed E-state index contributed by atoms with van der Waals surface area (Å²) in [6, 6.07) is 8.03. The molecule has 2 aliphatic rings. The van der Waals surface area contributed by atoms with Gasteiger partial charge in [0.25, 0.3) is 6.43 Å². The molecule has 32 heavy (non-hydrogen) atoms. The van der Waals surface area contributed by atoms with Gasteiger partial charge in [-0.25, -0.2) is 13.8 Å². The van der Waals surface area contributed by atoms with Crippen molar-refractivity contribution in [3.63, 3.8) is 0 Å². The summed E-state index contributed by atoms with van der Waals surface area (Å²) in [6.07, 6.45) is 5.97. The lowest BCUT2D eigenvalue weighted by Crippen LogP contribution is -2.43. The van der Waals surface area contributed by atoms with Crippen molar-refractivity contribution >= 4 is 11.4 Å². The van der Waals surface area contributed by atoms with E-state index in [4.69, 9.17) is 0 Å². The number of rotatable bonds is 10. The molecular weight excluding hydrogens is 413 g/mol. The van der Waals surface area contributed by atoms with Crippen LogP contribution in [0.2, 0.25) is 0 Å². The smallest absolute Gasteiger partial charge is 0.251 e. The van der Waals surface area contributed by atoms with E-state index in [1.54, 1.807) is 12.4 Å². The molecule has 4 nitrogen and oxygen atoms in total. The number of halogens is 3. The van der Waals surface area contributed by atoms with Crippen LogP contribution in [0.4, 0.5) is 19.0 Å². The molecule has 1 N–H and O–H groups in total. The number of hydrogen-bond acceptors (Lipinski definition) is 4. The molecule has 0 saturated carbocycles. The number of alkyl halides is 3. The van der Waals surface area contributed by atoms with E-state index in [0.717, 1.165) is 38.6 Å². The lowest BCUT2D eigenvalue weighted by atomic mass is 9.87. The molecule has 2 aromatic rings.